The smallest absolute Gasteiger partial charge is 0.307 e. The van der Waals surface area contributed by atoms with Gasteiger partial charge < -0.3 is 19.4 Å². The quantitative estimate of drug-likeness (QED) is 0.734. The molecule has 1 amide bonds. The van der Waals surface area contributed by atoms with Gasteiger partial charge in [0.05, 0.1) is 24.6 Å². The largest absolute Gasteiger partial charge is 0.458 e. The van der Waals surface area contributed by atoms with Crippen molar-refractivity contribution in [1.29, 1.82) is 0 Å². The molecule has 2 aromatic rings. The van der Waals surface area contributed by atoms with Gasteiger partial charge in [0.25, 0.3) is 0 Å². The topological polar surface area (TPSA) is 71.6 Å². The third-order valence-corrected chi connectivity index (χ3v) is 7.95. The second-order valence-electron chi connectivity index (χ2n) is 9.44. The molecule has 1 aliphatic carbocycles. The number of carbonyl (C=O) groups is 2. The first-order chi connectivity index (χ1) is 14.6. The number of para-hydroxylation sites is 1. The molecule has 6 rings (SSSR count). The first-order valence-electron chi connectivity index (χ1n) is 11.3. The van der Waals surface area contributed by atoms with E-state index in [9.17, 15) is 9.59 Å². The van der Waals surface area contributed by atoms with Gasteiger partial charge in [-0.05, 0) is 56.6 Å². The normalized spacial score (nSPS) is 27.0. The molecule has 4 heterocycles. The standard InChI is InChI=1S/C24H28N2O4/c27-20-15-18(23(30-20)8-3-4-9-23)22(28)26-12-10-24(11-13-26)21-17(7-14-29-24)16-5-1-2-6-19(16)25-21/h1-2,5-6,18,25H,3-4,7-15H2. The molecule has 3 aliphatic heterocycles. The molecular weight excluding hydrogens is 380 g/mol. The molecular formula is C24H28N2O4. The summed E-state index contributed by atoms with van der Waals surface area (Å²) in [6, 6.07) is 8.45. The maximum Gasteiger partial charge on any atom is 0.307 e. The number of carbonyl (C=O) groups excluding carboxylic acids is 2. The number of aromatic amines is 1. The van der Waals surface area contributed by atoms with Gasteiger partial charge in [-0.1, -0.05) is 18.2 Å². The monoisotopic (exact) mass is 408 g/mol. The van der Waals surface area contributed by atoms with Crippen molar-refractivity contribution in [2.24, 2.45) is 5.92 Å². The van der Waals surface area contributed by atoms with E-state index < -0.39 is 5.60 Å². The number of esters is 1. The summed E-state index contributed by atoms with van der Waals surface area (Å²) in [6.07, 6.45) is 6.47. The molecule has 2 spiro atoms. The lowest BCUT2D eigenvalue weighted by Gasteiger charge is -2.44. The van der Waals surface area contributed by atoms with Crippen molar-refractivity contribution in [3.63, 3.8) is 0 Å². The Labute approximate surface area is 175 Å². The Kier molecular flexibility index (Phi) is 4.04. The van der Waals surface area contributed by atoms with Crippen molar-refractivity contribution < 1.29 is 19.1 Å². The van der Waals surface area contributed by atoms with Crippen LogP contribution in [0.1, 0.15) is 56.2 Å². The average molecular weight is 408 g/mol. The summed E-state index contributed by atoms with van der Waals surface area (Å²) in [5, 5.41) is 1.29. The Balaban J connectivity index is 1.24. The number of H-pyrrole nitrogens is 1. The first kappa shape index (κ1) is 18.4. The summed E-state index contributed by atoms with van der Waals surface area (Å²) in [5.41, 5.74) is 2.87. The highest BCUT2D eigenvalue weighted by atomic mass is 16.6. The summed E-state index contributed by atoms with van der Waals surface area (Å²) >= 11 is 0. The van der Waals surface area contributed by atoms with Gasteiger partial charge in [0, 0.05) is 24.0 Å². The van der Waals surface area contributed by atoms with Gasteiger partial charge in [-0.25, -0.2) is 0 Å². The Morgan fingerprint density at radius 2 is 1.87 bits per heavy atom. The van der Waals surface area contributed by atoms with Crippen LogP contribution in [-0.4, -0.2) is 47.1 Å². The number of amides is 1. The van der Waals surface area contributed by atoms with E-state index in [-0.39, 0.29) is 29.8 Å². The molecule has 1 N–H and O–H groups in total. The molecule has 1 atom stereocenters. The van der Waals surface area contributed by atoms with E-state index >= 15 is 0 Å². The molecule has 3 fully saturated rings. The summed E-state index contributed by atoms with van der Waals surface area (Å²) in [5.74, 6) is -0.412. The highest BCUT2D eigenvalue weighted by Crippen LogP contribution is 2.48. The maximum absolute atomic E-state index is 13.4. The third kappa shape index (κ3) is 2.59. The number of hydrogen-bond donors (Lipinski definition) is 1. The van der Waals surface area contributed by atoms with Crippen molar-refractivity contribution in [2.45, 2.75) is 62.6 Å². The second kappa shape index (κ2) is 6.58. The fourth-order valence-electron chi connectivity index (χ4n) is 6.40. The van der Waals surface area contributed by atoms with E-state index in [0.29, 0.717) is 13.1 Å². The number of nitrogens with zero attached hydrogens (tertiary/aromatic N) is 1. The van der Waals surface area contributed by atoms with Crippen LogP contribution in [0, 0.1) is 5.92 Å². The molecule has 1 saturated carbocycles. The van der Waals surface area contributed by atoms with Crippen LogP contribution >= 0.6 is 0 Å². The summed E-state index contributed by atoms with van der Waals surface area (Å²) < 4.78 is 12.1. The van der Waals surface area contributed by atoms with E-state index in [0.717, 1.165) is 57.1 Å². The number of ether oxygens (including phenoxy) is 2. The van der Waals surface area contributed by atoms with Crippen molar-refractivity contribution in [1.82, 2.24) is 9.88 Å². The number of nitrogens with one attached hydrogen (secondary N) is 1. The molecule has 6 nitrogen and oxygen atoms in total. The van der Waals surface area contributed by atoms with Gasteiger partial charge in [-0.3, -0.25) is 9.59 Å². The second-order valence-corrected chi connectivity index (χ2v) is 9.44. The highest BCUT2D eigenvalue weighted by molar-refractivity contribution is 5.88. The highest BCUT2D eigenvalue weighted by Gasteiger charge is 2.55. The zero-order chi connectivity index (χ0) is 20.3. The van der Waals surface area contributed by atoms with Crippen molar-refractivity contribution in [2.75, 3.05) is 19.7 Å². The fourth-order valence-corrected chi connectivity index (χ4v) is 6.40. The molecule has 1 aromatic carbocycles. The Morgan fingerprint density at radius 1 is 1.10 bits per heavy atom. The van der Waals surface area contributed by atoms with Gasteiger partial charge in [0.15, 0.2) is 0 Å². The maximum atomic E-state index is 13.4. The number of aromatic nitrogens is 1. The molecule has 1 aromatic heterocycles. The van der Waals surface area contributed by atoms with Crippen LogP contribution in [0.2, 0.25) is 0 Å². The molecule has 6 heteroatoms. The number of hydrogen-bond acceptors (Lipinski definition) is 4. The Morgan fingerprint density at radius 3 is 2.67 bits per heavy atom. The SMILES string of the molecule is O=C1CC(C(=O)N2CCC3(CC2)OCCc2c3[nH]c3ccccc23)C2(CCCC2)O1. The lowest BCUT2D eigenvalue weighted by molar-refractivity contribution is -0.154. The van der Waals surface area contributed by atoms with Gasteiger partial charge in [0.2, 0.25) is 5.91 Å². The number of fused-ring (bicyclic) bond motifs is 4. The number of benzene rings is 1. The van der Waals surface area contributed by atoms with E-state index in [4.69, 9.17) is 9.47 Å². The number of piperidine rings is 1. The van der Waals surface area contributed by atoms with Crippen LogP contribution in [0.5, 0.6) is 0 Å². The lowest BCUT2D eigenvalue weighted by atomic mass is 9.81. The van der Waals surface area contributed by atoms with E-state index in [2.05, 4.69) is 29.2 Å². The van der Waals surface area contributed by atoms with Crippen LogP contribution in [0.15, 0.2) is 24.3 Å². The van der Waals surface area contributed by atoms with E-state index in [1.807, 2.05) is 4.90 Å². The predicted molar refractivity (Wildman–Crippen MR) is 111 cm³/mol. The fraction of sp³-hybridized carbons (Fsp3) is 0.583. The minimum atomic E-state index is -0.533. The number of likely N-dealkylation sites (tertiary alicyclic amines) is 1. The van der Waals surface area contributed by atoms with Crippen LogP contribution < -0.4 is 0 Å². The predicted octanol–water partition coefficient (Wildman–Crippen LogP) is 3.43. The molecule has 30 heavy (non-hydrogen) atoms. The molecule has 2 saturated heterocycles. The molecule has 1 unspecified atom stereocenters. The van der Waals surface area contributed by atoms with E-state index in [1.165, 1.54) is 16.6 Å². The zero-order valence-corrected chi connectivity index (χ0v) is 17.2. The van der Waals surface area contributed by atoms with Crippen molar-refractivity contribution in [3.05, 3.63) is 35.5 Å². The van der Waals surface area contributed by atoms with Crippen molar-refractivity contribution in [3.8, 4) is 0 Å². The van der Waals surface area contributed by atoms with Crippen molar-refractivity contribution >= 4 is 22.8 Å². The van der Waals surface area contributed by atoms with Crippen LogP contribution in [0.25, 0.3) is 10.9 Å². The zero-order valence-electron chi connectivity index (χ0n) is 17.2. The van der Waals surface area contributed by atoms with Gasteiger partial charge in [-0.2, -0.15) is 0 Å². The minimum Gasteiger partial charge on any atom is -0.458 e. The Hall–Kier alpha value is -2.34. The van der Waals surface area contributed by atoms with Crippen LogP contribution in [-0.2, 0) is 31.1 Å². The lowest BCUT2D eigenvalue weighted by Crippen LogP contribution is -2.52. The molecule has 4 aliphatic rings. The summed E-state index contributed by atoms with van der Waals surface area (Å²) in [6.45, 7) is 2.04. The summed E-state index contributed by atoms with van der Waals surface area (Å²) in [7, 11) is 0. The third-order valence-electron chi connectivity index (χ3n) is 7.95. The molecule has 0 bridgehead atoms. The van der Waals surface area contributed by atoms with Gasteiger partial charge in [0.1, 0.15) is 11.2 Å². The van der Waals surface area contributed by atoms with Gasteiger partial charge in [-0.15, -0.1) is 0 Å². The van der Waals surface area contributed by atoms with Crippen LogP contribution in [0.3, 0.4) is 0 Å². The minimum absolute atomic E-state index is 0.102. The van der Waals surface area contributed by atoms with E-state index in [1.54, 1.807) is 0 Å². The van der Waals surface area contributed by atoms with Crippen LogP contribution in [0.4, 0.5) is 0 Å². The average Bonchev–Trinajstić information content (AvgIpc) is 3.47. The first-order valence-corrected chi connectivity index (χ1v) is 11.3. The Bertz CT molecular complexity index is 1010. The molecule has 158 valence electrons. The molecule has 0 radical (unpaired) electrons. The van der Waals surface area contributed by atoms with Gasteiger partial charge >= 0.3 is 5.97 Å². The summed E-state index contributed by atoms with van der Waals surface area (Å²) in [4.78, 5) is 31.0. The number of rotatable bonds is 1.